The molecule has 1 aromatic carbocycles. The third-order valence-corrected chi connectivity index (χ3v) is 3.42. The predicted molar refractivity (Wildman–Crippen MR) is 86.6 cm³/mol. The molecule has 4 heteroatoms. The number of carbonyl (C=O) groups is 2. The monoisotopic (exact) mass is 290 g/mol. The zero-order valence-electron chi connectivity index (χ0n) is 13.7. The van der Waals surface area contributed by atoms with Gasteiger partial charge >= 0.3 is 0 Å². The van der Waals surface area contributed by atoms with Crippen molar-refractivity contribution in [2.45, 2.75) is 47.5 Å². The van der Waals surface area contributed by atoms with Crippen molar-refractivity contribution < 1.29 is 9.59 Å². The minimum Gasteiger partial charge on any atom is -0.356 e. The van der Waals surface area contributed by atoms with Crippen LogP contribution in [0.2, 0.25) is 0 Å². The fraction of sp³-hybridized carbons (Fsp3) is 0.529. The Kier molecular flexibility index (Phi) is 6.40. The van der Waals surface area contributed by atoms with E-state index in [1.165, 1.54) is 5.56 Å². The Morgan fingerprint density at radius 1 is 1.14 bits per heavy atom. The number of hydrogen-bond acceptors (Lipinski definition) is 2. The highest BCUT2D eigenvalue weighted by Gasteiger charge is 2.17. The lowest BCUT2D eigenvalue weighted by Crippen LogP contribution is -2.35. The summed E-state index contributed by atoms with van der Waals surface area (Å²) in [4.78, 5) is 25.4. The van der Waals surface area contributed by atoms with E-state index in [0.717, 1.165) is 23.2 Å². The van der Waals surface area contributed by atoms with Crippen LogP contribution in [0.1, 0.15) is 43.4 Å². The van der Waals surface area contributed by atoms with Crippen LogP contribution in [-0.2, 0) is 9.59 Å². The second kappa shape index (κ2) is 7.81. The van der Waals surface area contributed by atoms with Crippen LogP contribution >= 0.6 is 0 Å². The smallest absolute Gasteiger partial charge is 0.223 e. The van der Waals surface area contributed by atoms with Crippen molar-refractivity contribution in [1.82, 2.24) is 5.32 Å². The van der Waals surface area contributed by atoms with Gasteiger partial charge in [0.1, 0.15) is 0 Å². The van der Waals surface area contributed by atoms with Crippen molar-refractivity contribution in [3.63, 3.8) is 0 Å². The van der Waals surface area contributed by atoms with Gasteiger partial charge < -0.3 is 10.2 Å². The molecule has 116 valence electrons. The number of hydrogen-bond donors (Lipinski definition) is 1. The summed E-state index contributed by atoms with van der Waals surface area (Å²) < 4.78 is 0. The van der Waals surface area contributed by atoms with E-state index in [-0.39, 0.29) is 11.8 Å². The standard InChI is InChI=1S/C17H26N2O2/c1-6-8-18-16(21)7-9-19(15(5)20)17-13(3)10-12(2)11-14(17)4/h10-11H,6-9H2,1-5H3,(H,18,21). The number of amides is 2. The Hall–Kier alpha value is -1.84. The number of rotatable bonds is 6. The SMILES string of the molecule is CCCNC(=O)CCN(C(C)=O)c1c(C)cc(C)cc1C. The van der Waals surface area contributed by atoms with Crippen LogP contribution in [-0.4, -0.2) is 24.9 Å². The molecule has 0 bridgehead atoms. The molecule has 1 rings (SSSR count). The summed E-state index contributed by atoms with van der Waals surface area (Å²) in [5.74, 6) is -0.0427. The first-order valence-corrected chi connectivity index (χ1v) is 7.49. The minimum atomic E-state index is -0.0339. The van der Waals surface area contributed by atoms with E-state index in [9.17, 15) is 9.59 Å². The van der Waals surface area contributed by atoms with Crippen LogP contribution in [0, 0.1) is 20.8 Å². The highest BCUT2D eigenvalue weighted by molar-refractivity contribution is 5.94. The molecular weight excluding hydrogens is 264 g/mol. The van der Waals surface area contributed by atoms with E-state index < -0.39 is 0 Å². The average molecular weight is 290 g/mol. The molecule has 0 aromatic heterocycles. The first-order valence-electron chi connectivity index (χ1n) is 7.49. The number of nitrogens with one attached hydrogen (secondary N) is 1. The quantitative estimate of drug-likeness (QED) is 0.876. The van der Waals surface area contributed by atoms with Crippen molar-refractivity contribution >= 4 is 17.5 Å². The molecule has 1 aromatic rings. The normalized spacial score (nSPS) is 10.3. The molecular formula is C17H26N2O2. The second-order valence-electron chi connectivity index (χ2n) is 5.52. The van der Waals surface area contributed by atoms with Crippen LogP contribution < -0.4 is 10.2 Å². The highest BCUT2D eigenvalue weighted by atomic mass is 16.2. The van der Waals surface area contributed by atoms with Crippen LogP contribution in [0.25, 0.3) is 0 Å². The van der Waals surface area contributed by atoms with Gasteiger partial charge in [-0.3, -0.25) is 9.59 Å². The first-order chi connectivity index (χ1) is 9.86. The molecule has 0 aliphatic heterocycles. The van der Waals surface area contributed by atoms with E-state index in [4.69, 9.17) is 0 Å². The third kappa shape index (κ3) is 4.88. The zero-order valence-corrected chi connectivity index (χ0v) is 13.7. The molecule has 0 radical (unpaired) electrons. The molecule has 0 atom stereocenters. The largest absolute Gasteiger partial charge is 0.356 e. The Morgan fingerprint density at radius 3 is 2.19 bits per heavy atom. The summed E-state index contributed by atoms with van der Waals surface area (Å²) in [5.41, 5.74) is 4.24. The number of aryl methyl sites for hydroxylation is 3. The van der Waals surface area contributed by atoms with Gasteiger partial charge in [-0.1, -0.05) is 24.6 Å². The summed E-state index contributed by atoms with van der Waals surface area (Å²) in [7, 11) is 0. The van der Waals surface area contributed by atoms with Crippen LogP contribution in [0.15, 0.2) is 12.1 Å². The fourth-order valence-corrected chi connectivity index (χ4v) is 2.59. The summed E-state index contributed by atoms with van der Waals surface area (Å²) in [6.07, 6.45) is 1.24. The summed E-state index contributed by atoms with van der Waals surface area (Å²) in [5, 5.41) is 2.84. The first kappa shape index (κ1) is 17.2. The van der Waals surface area contributed by atoms with E-state index in [2.05, 4.69) is 17.4 Å². The van der Waals surface area contributed by atoms with Crippen molar-refractivity contribution in [1.29, 1.82) is 0 Å². The number of carbonyl (C=O) groups excluding carboxylic acids is 2. The Morgan fingerprint density at radius 2 is 1.71 bits per heavy atom. The maximum Gasteiger partial charge on any atom is 0.223 e. The van der Waals surface area contributed by atoms with Gasteiger partial charge in [0.05, 0.1) is 0 Å². The molecule has 0 heterocycles. The molecule has 0 saturated carbocycles. The molecule has 0 spiro atoms. The number of benzene rings is 1. The Balaban J connectivity index is 2.88. The third-order valence-electron chi connectivity index (χ3n) is 3.42. The molecule has 0 aliphatic carbocycles. The van der Waals surface area contributed by atoms with Gasteiger partial charge in [-0.25, -0.2) is 0 Å². The van der Waals surface area contributed by atoms with E-state index in [1.807, 2.05) is 27.7 Å². The van der Waals surface area contributed by atoms with Gasteiger partial charge in [-0.15, -0.1) is 0 Å². The van der Waals surface area contributed by atoms with Crippen LogP contribution in [0.4, 0.5) is 5.69 Å². The fourth-order valence-electron chi connectivity index (χ4n) is 2.59. The Labute approximate surface area is 127 Å². The van der Waals surface area contributed by atoms with Crippen molar-refractivity contribution in [2.24, 2.45) is 0 Å². The maximum absolute atomic E-state index is 12.0. The minimum absolute atomic E-state index is 0.00878. The van der Waals surface area contributed by atoms with Gasteiger partial charge in [0, 0.05) is 32.1 Å². The molecule has 4 nitrogen and oxygen atoms in total. The molecule has 1 N–H and O–H groups in total. The lowest BCUT2D eigenvalue weighted by atomic mass is 10.0. The lowest BCUT2D eigenvalue weighted by molar-refractivity contribution is -0.121. The van der Waals surface area contributed by atoms with Crippen molar-refractivity contribution in [3.8, 4) is 0 Å². The van der Waals surface area contributed by atoms with Gasteiger partial charge in [-0.05, 0) is 38.3 Å². The average Bonchev–Trinajstić information content (AvgIpc) is 2.38. The highest BCUT2D eigenvalue weighted by Crippen LogP contribution is 2.26. The lowest BCUT2D eigenvalue weighted by Gasteiger charge is -2.25. The second-order valence-corrected chi connectivity index (χ2v) is 5.52. The molecule has 0 unspecified atom stereocenters. The molecule has 2 amide bonds. The van der Waals surface area contributed by atoms with Gasteiger partial charge in [0.25, 0.3) is 0 Å². The summed E-state index contributed by atoms with van der Waals surface area (Å²) >= 11 is 0. The number of nitrogens with zero attached hydrogens (tertiary/aromatic N) is 1. The van der Waals surface area contributed by atoms with E-state index >= 15 is 0 Å². The number of anilines is 1. The van der Waals surface area contributed by atoms with Crippen molar-refractivity contribution in [3.05, 3.63) is 28.8 Å². The van der Waals surface area contributed by atoms with Crippen molar-refractivity contribution in [2.75, 3.05) is 18.0 Å². The molecule has 21 heavy (non-hydrogen) atoms. The molecule has 0 aliphatic rings. The summed E-state index contributed by atoms with van der Waals surface area (Å²) in [6.45, 7) is 10.7. The van der Waals surface area contributed by atoms with Gasteiger partial charge in [-0.2, -0.15) is 0 Å². The van der Waals surface area contributed by atoms with Crippen LogP contribution in [0.3, 0.4) is 0 Å². The maximum atomic E-state index is 12.0. The van der Waals surface area contributed by atoms with Crippen LogP contribution in [0.5, 0.6) is 0 Å². The van der Waals surface area contributed by atoms with E-state index in [1.54, 1.807) is 11.8 Å². The predicted octanol–water partition coefficient (Wildman–Crippen LogP) is 2.88. The molecule has 0 fully saturated rings. The van der Waals surface area contributed by atoms with Gasteiger partial charge in [0.2, 0.25) is 11.8 Å². The summed E-state index contributed by atoms with van der Waals surface area (Å²) in [6, 6.07) is 4.13. The van der Waals surface area contributed by atoms with Gasteiger partial charge in [0.15, 0.2) is 0 Å². The Bertz CT molecular complexity index is 501. The topological polar surface area (TPSA) is 49.4 Å². The molecule has 0 saturated heterocycles. The zero-order chi connectivity index (χ0) is 16.0. The van der Waals surface area contributed by atoms with E-state index in [0.29, 0.717) is 19.5 Å².